The molecule has 2 aliphatic rings. The number of hydrogen-bond acceptors (Lipinski definition) is 3. The van der Waals surface area contributed by atoms with Crippen LogP contribution in [0.2, 0.25) is 0 Å². The molecule has 1 aromatic rings. The molecule has 120 valence electrons. The minimum absolute atomic E-state index is 0.254. The molecule has 1 saturated carbocycles. The number of carbonyl (C=O) groups is 1. The summed E-state index contributed by atoms with van der Waals surface area (Å²) in [6, 6.07) is 4.41. The standard InChI is InChI=1S/C17H24BrN3O/c18-15-6-3-9-19-17(15)21-10-7-13(8-11-21)12-16(22)20-14-4-1-2-5-14/h3,6,9,13-14H,1-2,4-5,7-8,10-12H2,(H,20,22). The second-order valence-electron chi connectivity index (χ2n) is 6.49. The Morgan fingerprint density at radius 2 is 2.00 bits per heavy atom. The fourth-order valence-corrected chi connectivity index (χ4v) is 4.08. The molecule has 4 nitrogen and oxygen atoms in total. The van der Waals surface area contributed by atoms with E-state index in [9.17, 15) is 4.79 Å². The van der Waals surface area contributed by atoms with Gasteiger partial charge in [-0.2, -0.15) is 0 Å². The van der Waals surface area contributed by atoms with Gasteiger partial charge in [-0.3, -0.25) is 4.79 Å². The summed E-state index contributed by atoms with van der Waals surface area (Å²) in [6.07, 6.45) is 9.53. The van der Waals surface area contributed by atoms with E-state index in [2.05, 4.69) is 31.1 Å². The van der Waals surface area contributed by atoms with Crippen LogP contribution in [0.25, 0.3) is 0 Å². The minimum atomic E-state index is 0.254. The fraction of sp³-hybridized carbons (Fsp3) is 0.647. The van der Waals surface area contributed by atoms with E-state index in [0.717, 1.165) is 49.1 Å². The summed E-state index contributed by atoms with van der Waals surface area (Å²) in [5, 5.41) is 3.21. The van der Waals surface area contributed by atoms with Crippen molar-refractivity contribution in [3.05, 3.63) is 22.8 Å². The maximum atomic E-state index is 12.1. The van der Waals surface area contributed by atoms with Gasteiger partial charge in [0.2, 0.25) is 5.91 Å². The highest BCUT2D eigenvalue weighted by atomic mass is 79.9. The van der Waals surface area contributed by atoms with E-state index in [1.807, 2.05) is 18.3 Å². The molecule has 22 heavy (non-hydrogen) atoms. The van der Waals surface area contributed by atoms with Crippen LogP contribution in [0.1, 0.15) is 44.9 Å². The Labute approximate surface area is 140 Å². The second kappa shape index (κ2) is 7.44. The van der Waals surface area contributed by atoms with Crippen LogP contribution in [-0.2, 0) is 4.79 Å². The molecule has 0 radical (unpaired) electrons. The largest absolute Gasteiger partial charge is 0.356 e. The number of rotatable bonds is 4. The van der Waals surface area contributed by atoms with Crippen LogP contribution >= 0.6 is 15.9 Å². The topological polar surface area (TPSA) is 45.2 Å². The molecule has 1 aromatic heterocycles. The van der Waals surface area contributed by atoms with Gasteiger partial charge in [-0.1, -0.05) is 12.8 Å². The highest BCUT2D eigenvalue weighted by molar-refractivity contribution is 9.10. The van der Waals surface area contributed by atoms with Crippen molar-refractivity contribution in [2.24, 2.45) is 5.92 Å². The van der Waals surface area contributed by atoms with Crippen LogP contribution in [0.3, 0.4) is 0 Å². The van der Waals surface area contributed by atoms with Gasteiger partial charge in [0.1, 0.15) is 5.82 Å². The van der Waals surface area contributed by atoms with E-state index in [4.69, 9.17) is 0 Å². The third-order valence-electron chi connectivity index (χ3n) is 4.85. The zero-order valence-corrected chi connectivity index (χ0v) is 14.5. The number of carbonyl (C=O) groups excluding carboxylic acids is 1. The zero-order chi connectivity index (χ0) is 15.4. The fourth-order valence-electron chi connectivity index (χ4n) is 3.58. The SMILES string of the molecule is O=C(CC1CCN(c2ncccc2Br)CC1)NC1CCCC1. The number of pyridine rings is 1. The van der Waals surface area contributed by atoms with Gasteiger partial charge in [-0.15, -0.1) is 0 Å². The molecule has 1 aliphatic carbocycles. The van der Waals surface area contributed by atoms with E-state index in [-0.39, 0.29) is 5.91 Å². The van der Waals surface area contributed by atoms with Gasteiger partial charge in [0.15, 0.2) is 0 Å². The smallest absolute Gasteiger partial charge is 0.220 e. The van der Waals surface area contributed by atoms with Crippen molar-refractivity contribution in [3.8, 4) is 0 Å². The molecule has 1 saturated heterocycles. The maximum absolute atomic E-state index is 12.1. The number of halogens is 1. The van der Waals surface area contributed by atoms with Crippen molar-refractivity contribution in [2.45, 2.75) is 51.0 Å². The van der Waals surface area contributed by atoms with Gasteiger partial charge in [0.25, 0.3) is 0 Å². The molecule has 2 heterocycles. The van der Waals surface area contributed by atoms with Crippen LogP contribution < -0.4 is 10.2 Å². The molecule has 3 rings (SSSR count). The molecule has 1 aliphatic heterocycles. The average molecular weight is 366 g/mol. The van der Waals surface area contributed by atoms with E-state index in [1.54, 1.807) is 0 Å². The van der Waals surface area contributed by atoms with Crippen molar-refractivity contribution in [3.63, 3.8) is 0 Å². The molecule has 0 aromatic carbocycles. The quantitative estimate of drug-likeness (QED) is 0.887. The van der Waals surface area contributed by atoms with Gasteiger partial charge >= 0.3 is 0 Å². The average Bonchev–Trinajstić information content (AvgIpc) is 3.01. The zero-order valence-electron chi connectivity index (χ0n) is 12.9. The molecule has 5 heteroatoms. The minimum Gasteiger partial charge on any atom is -0.356 e. The van der Waals surface area contributed by atoms with Crippen molar-refractivity contribution in [1.82, 2.24) is 10.3 Å². The number of aromatic nitrogens is 1. The predicted molar refractivity (Wildman–Crippen MR) is 91.9 cm³/mol. The Hall–Kier alpha value is -1.10. The first-order chi connectivity index (χ1) is 10.7. The van der Waals surface area contributed by atoms with Gasteiger partial charge < -0.3 is 10.2 Å². The monoisotopic (exact) mass is 365 g/mol. The van der Waals surface area contributed by atoms with Crippen LogP contribution in [0.15, 0.2) is 22.8 Å². The van der Waals surface area contributed by atoms with Gasteiger partial charge in [-0.05, 0) is 59.7 Å². The first-order valence-corrected chi connectivity index (χ1v) is 9.16. The molecule has 0 bridgehead atoms. The molecule has 0 atom stereocenters. The normalized spacial score (nSPS) is 20.3. The summed E-state index contributed by atoms with van der Waals surface area (Å²) in [7, 11) is 0. The molecule has 2 fully saturated rings. The number of piperidine rings is 1. The predicted octanol–water partition coefficient (Wildman–Crippen LogP) is 3.51. The van der Waals surface area contributed by atoms with E-state index in [0.29, 0.717) is 18.4 Å². The first-order valence-electron chi connectivity index (χ1n) is 8.37. The molecular weight excluding hydrogens is 342 g/mol. The Morgan fingerprint density at radius 3 is 2.68 bits per heavy atom. The Balaban J connectivity index is 1.45. The molecule has 0 spiro atoms. The van der Waals surface area contributed by atoms with Crippen molar-refractivity contribution >= 4 is 27.7 Å². The van der Waals surface area contributed by atoms with E-state index < -0.39 is 0 Å². The lowest BCUT2D eigenvalue weighted by molar-refractivity contribution is -0.122. The summed E-state index contributed by atoms with van der Waals surface area (Å²) >= 11 is 3.57. The summed E-state index contributed by atoms with van der Waals surface area (Å²) in [5.74, 6) is 1.79. The molecule has 1 N–H and O–H groups in total. The number of amides is 1. The number of anilines is 1. The van der Waals surface area contributed by atoms with E-state index in [1.165, 1.54) is 12.8 Å². The van der Waals surface area contributed by atoms with Crippen LogP contribution in [-0.4, -0.2) is 30.0 Å². The second-order valence-corrected chi connectivity index (χ2v) is 7.35. The number of nitrogens with one attached hydrogen (secondary N) is 1. The summed E-state index contributed by atoms with van der Waals surface area (Å²) < 4.78 is 1.05. The van der Waals surface area contributed by atoms with Crippen molar-refractivity contribution in [2.75, 3.05) is 18.0 Å². The van der Waals surface area contributed by atoms with Crippen molar-refractivity contribution < 1.29 is 4.79 Å². The lowest BCUT2D eigenvalue weighted by Crippen LogP contribution is -2.38. The van der Waals surface area contributed by atoms with Gasteiger partial charge in [0, 0.05) is 31.7 Å². The van der Waals surface area contributed by atoms with Gasteiger partial charge in [0.05, 0.1) is 4.47 Å². The third-order valence-corrected chi connectivity index (χ3v) is 5.47. The third kappa shape index (κ3) is 4.00. The first kappa shape index (κ1) is 15.8. The summed E-state index contributed by atoms with van der Waals surface area (Å²) in [5.41, 5.74) is 0. The Bertz CT molecular complexity index is 508. The Kier molecular flexibility index (Phi) is 5.34. The van der Waals surface area contributed by atoms with Crippen LogP contribution in [0, 0.1) is 5.92 Å². The Morgan fingerprint density at radius 1 is 1.27 bits per heavy atom. The maximum Gasteiger partial charge on any atom is 0.220 e. The highest BCUT2D eigenvalue weighted by Crippen LogP contribution is 2.29. The molecule has 1 amide bonds. The van der Waals surface area contributed by atoms with Crippen LogP contribution in [0.4, 0.5) is 5.82 Å². The lowest BCUT2D eigenvalue weighted by Gasteiger charge is -2.33. The van der Waals surface area contributed by atoms with Crippen molar-refractivity contribution in [1.29, 1.82) is 0 Å². The number of nitrogens with zero attached hydrogens (tertiary/aromatic N) is 2. The van der Waals surface area contributed by atoms with Gasteiger partial charge in [-0.25, -0.2) is 4.98 Å². The molecule has 0 unspecified atom stereocenters. The van der Waals surface area contributed by atoms with E-state index >= 15 is 0 Å². The summed E-state index contributed by atoms with van der Waals surface area (Å²) in [4.78, 5) is 18.9. The number of hydrogen-bond donors (Lipinski definition) is 1. The lowest BCUT2D eigenvalue weighted by atomic mass is 9.93. The summed E-state index contributed by atoms with van der Waals surface area (Å²) in [6.45, 7) is 1.97. The van der Waals surface area contributed by atoms with Crippen LogP contribution in [0.5, 0.6) is 0 Å². The molecular formula is C17H24BrN3O. The highest BCUT2D eigenvalue weighted by Gasteiger charge is 2.24.